The van der Waals surface area contributed by atoms with Gasteiger partial charge in [0.1, 0.15) is 11.6 Å². The second-order valence-corrected chi connectivity index (χ2v) is 4.05. The number of benzene rings is 2. The molecule has 0 spiro atoms. The molecule has 0 fully saturated rings. The van der Waals surface area contributed by atoms with Gasteiger partial charge in [-0.05, 0) is 29.8 Å². The smallest absolute Gasteiger partial charge is 0.254 e. The SMILES string of the molecule is Nc1cccc(CNC(=O)c2ccc(F)cc2F)c1. The quantitative estimate of drug-likeness (QED) is 0.835. The number of nitrogens with one attached hydrogen (secondary N) is 1. The molecule has 0 aromatic heterocycles. The minimum Gasteiger partial charge on any atom is -0.399 e. The fourth-order valence-electron chi connectivity index (χ4n) is 1.65. The Morgan fingerprint density at radius 2 is 1.95 bits per heavy atom. The number of carbonyl (C=O) groups is 1. The summed E-state index contributed by atoms with van der Waals surface area (Å²) in [4.78, 5) is 11.7. The Morgan fingerprint density at radius 1 is 1.16 bits per heavy atom. The van der Waals surface area contributed by atoms with E-state index in [2.05, 4.69) is 5.32 Å². The molecule has 0 aliphatic heterocycles. The van der Waals surface area contributed by atoms with Gasteiger partial charge in [-0.15, -0.1) is 0 Å². The Labute approximate surface area is 109 Å². The summed E-state index contributed by atoms with van der Waals surface area (Å²) in [6, 6.07) is 9.81. The highest BCUT2D eigenvalue weighted by Crippen LogP contribution is 2.10. The third kappa shape index (κ3) is 3.28. The van der Waals surface area contributed by atoms with Crippen LogP contribution < -0.4 is 11.1 Å². The zero-order valence-corrected chi connectivity index (χ0v) is 9.99. The molecule has 5 heteroatoms. The maximum atomic E-state index is 13.4. The van der Waals surface area contributed by atoms with Gasteiger partial charge >= 0.3 is 0 Å². The Morgan fingerprint density at radius 3 is 2.63 bits per heavy atom. The molecule has 98 valence electrons. The van der Waals surface area contributed by atoms with Crippen molar-refractivity contribution in [3.63, 3.8) is 0 Å². The molecule has 0 saturated heterocycles. The van der Waals surface area contributed by atoms with Crippen LogP contribution in [0.25, 0.3) is 0 Å². The molecule has 2 aromatic rings. The molecule has 0 atom stereocenters. The molecule has 1 amide bonds. The van der Waals surface area contributed by atoms with Crippen LogP contribution >= 0.6 is 0 Å². The monoisotopic (exact) mass is 262 g/mol. The van der Waals surface area contributed by atoms with Gasteiger partial charge in [0, 0.05) is 18.3 Å². The Balaban J connectivity index is 2.05. The van der Waals surface area contributed by atoms with Crippen molar-refractivity contribution in [1.29, 1.82) is 0 Å². The average Bonchev–Trinajstić information content (AvgIpc) is 2.36. The molecular weight excluding hydrogens is 250 g/mol. The zero-order chi connectivity index (χ0) is 13.8. The molecule has 0 heterocycles. The lowest BCUT2D eigenvalue weighted by Crippen LogP contribution is -2.23. The highest BCUT2D eigenvalue weighted by atomic mass is 19.1. The highest BCUT2D eigenvalue weighted by molar-refractivity contribution is 5.94. The summed E-state index contributed by atoms with van der Waals surface area (Å²) in [5, 5.41) is 2.55. The van der Waals surface area contributed by atoms with Crippen LogP contribution in [0.15, 0.2) is 42.5 Å². The summed E-state index contributed by atoms with van der Waals surface area (Å²) >= 11 is 0. The Bertz CT molecular complexity index is 614. The third-order valence-electron chi connectivity index (χ3n) is 2.58. The predicted molar refractivity (Wildman–Crippen MR) is 68.4 cm³/mol. The van der Waals surface area contributed by atoms with Gasteiger partial charge in [-0.2, -0.15) is 0 Å². The van der Waals surface area contributed by atoms with Crippen molar-refractivity contribution in [2.24, 2.45) is 0 Å². The first-order valence-corrected chi connectivity index (χ1v) is 5.64. The van der Waals surface area contributed by atoms with Crippen LogP contribution in [-0.2, 0) is 6.54 Å². The van der Waals surface area contributed by atoms with Crippen molar-refractivity contribution in [1.82, 2.24) is 5.32 Å². The van der Waals surface area contributed by atoms with E-state index in [9.17, 15) is 13.6 Å². The van der Waals surface area contributed by atoms with Crippen LogP contribution in [0.1, 0.15) is 15.9 Å². The summed E-state index contributed by atoms with van der Waals surface area (Å²) in [5.41, 5.74) is 6.80. The van der Waals surface area contributed by atoms with Gasteiger partial charge in [0.2, 0.25) is 0 Å². The van der Waals surface area contributed by atoms with Crippen molar-refractivity contribution in [3.05, 3.63) is 65.2 Å². The van der Waals surface area contributed by atoms with Crippen molar-refractivity contribution in [2.75, 3.05) is 5.73 Å². The Kier molecular flexibility index (Phi) is 3.75. The molecule has 2 aromatic carbocycles. The second-order valence-electron chi connectivity index (χ2n) is 4.05. The standard InChI is InChI=1S/C14H12F2N2O/c15-10-4-5-12(13(16)7-10)14(19)18-8-9-2-1-3-11(17)6-9/h1-7H,8,17H2,(H,18,19). The number of carbonyl (C=O) groups excluding carboxylic acids is 1. The lowest BCUT2D eigenvalue weighted by atomic mass is 10.1. The maximum Gasteiger partial charge on any atom is 0.254 e. The zero-order valence-electron chi connectivity index (χ0n) is 9.99. The van der Waals surface area contributed by atoms with Crippen molar-refractivity contribution < 1.29 is 13.6 Å². The summed E-state index contributed by atoms with van der Waals surface area (Å²) in [6.45, 7) is 0.223. The summed E-state index contributed by atoms with van der Waals surface area (Å²) in [7, 11) is 0. The molecule has 0 aliphatic rings. The van der Waals surface area contributed by atoms with E-state index >= 15 is 0 Å². The van der Waals surface area contributed by atoms with Crippen LogP contribution in [-0.4, -0.2) is 5.91 Å². The van der Waals surface area contributed by atoms with E-state index in [1.807, 2.05) is 0 Å². The number of hydrogen-bond donors (Lipinski definition) is 2. The fraction of sp³-hybridized carbons (Fsp3) is 0.0714. The number of rotatable bonds is 3. The van der Waals surface area contributed by atoms with E-state index in [4.69, 9.17) is 5.73 Å². The average molecular weight is 262 g/mol. The number of anilines is 1. The van der Waals surface area contributed by atoms with Gasteiger partial charge in [-0.1, -0.05) is 12.1 Å². The topological polar surface area (TPSA) is 55.1 Å². The number of amides is 1. The Hall–Kier alpha value is -2.43. The first-order valence-electron chi connectivity index (χ1n) is 5.64. The summed E-state index contributed by atoms with van der Waals surface area (Å²) < 4.78 is 26.1. The lowest BCUT2D eigenvalue weighted by molar-refractivity contribution is 0.0947. The first kappa shape index (κ1) is 13.0. The minimum atomic E-state index is -0.884. The molecule has 0 saturated carbocycles. The molecule has 19 heavy (non-hydrogen) atoms. The summed E-state index contributed by atoms with van der Waals surface area (Å²) in [6.07, 6.45) is 0. The van der Waals surface area contributed by atoms with Gasteiger partial charge in [0.05, 0.1) is 5.56 Å². The van der Waals surface area contributed by atoms with E-state index in [-0.39, 0.29) is 12.1 Å². The van der Waals surface area contributed by atoms with Crippen LogP contribution in [0, 0.1) is 11.6 Å². The number of nitrogens with two attached hydrogens (primary N) is 1. The van der Waals surface area contributed by atoms with E-state index in [0.717, 1.165) is 17.7 Å². The van der Waals surface area contributed by atoms with Crippen LogP contribution in [0.3, 0.4) is 0 Å². The molecule has 0 bridgehead atoms. The molecular formula is C14H12F2N2O. The molecule has 2 rings (SSSR count). The van der Waals surface area contributed by atoms with Crippen molar-refractivity contribution in [2.45, 2.75) is 6.54 Å². The summed E-state index contributed by atoms with van der Waals surface area (Å²) in [5.74, 6) is -2.20. The molecule has 0 unspecified atom stereocenters. The minimum absolute atomic E-state index is 0.190. The van der Waals surface area contributed by atoms with Gasteiger partial charge in [0.25, 0.3) is 5.91 Å². The van der Waals surface area contributed by atoms with E-state index < -0.39 is 17.5 Å². The van der Waals surface area contributed by atoms with Gasteiger partial charge in [-0.3, -0.25) is 4.79 Å². The molecule has 0 aliphatic carbocycles. The van der Waals surface area contributed by atoms with Gasteiger partial charge < -0.3 is 11.1 Å². The van der Waals surface area contributed by atoms with Gasteiger partial charge in [0.15, 0.2) is 0 Å². The predicted octanol–water partition coefficient (Wildman–Crippen LogP) is 2.48. The second kappa shape index (κ2) is 5.48. The third-order valence-corrected chi connectivity index (χ3v) is 2.58. The number of nitrogen functional groups attached to an aromatic ring is 1. The first-order chi connectivity index (χ1) is 9.06. The lowest BCUT2D eigenvalue weighted by Gasteiger charge is -2.07. The van der Waals surface area contributed by atoms with E-state index in [1.165, 1.54) is 0 Å². The van der Waals surface area contributed by atoms with Crippen LogP contribution in [0.2, 0.25) is 0 Å². The number of hydrogen-bond acceptors (Lipinski definition) is 2. The fourth-order valence-corrected chi connectivity index (χ4v) is 1.65. The van der Waals surface area contributed by atoms with Crippen molar-refractivity contribution >= 4 is 11.6 Å². The maximum absolute atomic E-state index is 13.4. The van der Waals surface area contributed by atoms with Crippen LogP contribution in [0.4, 0.5) is 14.5 Å². The largest absolute Gasteiger partial charge is 0.399 e. The molecule has 3 N–H and O–H groups in total. The molecule has 0 radical (unpaired) electrons. The van der Waals surface area contributed by atoms with E-state index in [0.29, 0.717) is 11.8 Å². The van der Waals surface area contributed by atoms with E-state index in [1.54, 1.807) is 24.3 Å². The number of halogens is 2. The highest BCUT2D eigenvalue weighted by Gasteiger charge is 2.11. The van der Waals surface area contributed by atoms with Gasteiger partial charge in [-0.25, -0.2) is 8.78 Å². The van der Waals surface area contributed by atoms with Crippen LogP contribution in [0.5, 0.6) is 0 Å². The van der Waals surface area contributed by atoms with Crippen molar-refractivity contribution in [3.8, 4) is 0 Å². The normalized spacial score (nSPS) is 10.2. The molecule has 3 nitrogen and oxygen atoms in total.